The summed E-state index contributed by atoms with van der Waals surface area (Å²) in [6.07, 6.45) is 7.33. The first-order chi connectivity index (χ1) is 10.2. The molecule has 0 aliphatic heterocycles. The zero-order valence-corrected chi connectivity index (χ0v) is 13.2. The van der Waals surface area contributed by atoms with Crippen molar-refractivity contribution in [2.45, 2.75) is 51.2 Å². The number of halogens is 1. The van der Waals surface area contributed by atoms with E-state index < -0.39 is 0 Å². The maximum absolute atomic E-state index is 6.23. The highest BCUT2D eigenvalue weighted by molar-refractivity contribution is 6.31. The Morgan fingerprint density at radius 3 is 2.81 bits per heavy atom. The van der Waals surface area contributed by atoms with Crippen molar-refractivity contribution in [2.75, 3.05) is 0 Å². The summed E-state index contributed by atoms with van der Waals surface area (Å²) in [7, 11) is 0. The smallest absolute Gasteiger partial charge is 0.0762 e. The molecule has 1 N–H and O–H groups in total. The number of benzene rings is 1. The quantitative estimate of drug-likeness (QED) is 0.881. The van der Waals surface area contributed by atoms with Crippen molar-refractivity contribution < 1.29 is 0 Å². The molecule has 0 bridgehead atoms. The van der Waals surface area contributed by atoms with Gasteiger partial charge in [0.05, 0.1) is 11.7 Å². The zero-order valence-electron chi connectivity index (χ0n) is 12.4. The molecule has 1 aliphatic rings. The van der Waals surface area contributed by atoms with Gasteiger partial charge in [-0.15, -0.1) is 0 Å². The summed E-state index contributed by atoms with van der Waals surface area (Å²) in [5.41, 5.74) is 2.23. The molecule has 0 saturated heterocycles. The summed E-state index contributed by atoms with van der Waals surface area (Å²) in [6, 6.07) is 10.9. The summed E-state index contributed by atoms with van der Waals surface area (Å²) < 4.78 is 2.14. The number of aromatic nitrogens is 2. The first kappa shape index (κ1) is 14.6. The van der Waals surface area contributed by atoms with Gasteiger partial charge >= 0.3 is 0 Å². The SMILES string of the molecule is C[C@H](NCc1ccn(C2CCCC2)n1)c1ccccc1Cl. The fourth-order valence-corrected chi connectivity index (χ4v) is 3.34. The second kappa shape index (κ2) is 6.63. The number of nitrogens with zero attached hydrogens (tertiary/aromatic N) is 2. The third-order valence-electron chi connectivity index (χ3n) is 4.32. The molecular formula is C17H22ClN3. The van der Waals surface area contributed by atoms with Gasteiger partial charge in [-0.1, -0.05) is 42.6 Å². The molecule has 112 valence electrons. The van der Waals surface area contributed by atoms with E-state index in [1.54, 1.807) is 0 Å². The van der Waals surface area contributed by atoms with E-state index >= 15 is 0 Å². The van der Waals surface area contributed by atoms with Gasteiger partial charge in [-0.2, -0.15) is 5.10 Å². The van der Waals surface area contributed by atoms with E-state index in [0.717, 1.165) is 22.8 Å². The predicted molar refractivity (Wildman–Crippen MR) is 86.4 cm³/mol. The van der Waals surface area contributed by atoms with Crippen molar-refractivity contribution in [1.82, 2.24) is 15.1 Å². The van der Waals surface area contributed by atoms with Crippen molar-refractivity contribution in [3.8, 4) is 0 Å². The molecule has 1 saturated carbocycles. The molecule has 1 aliphatic carbocycles. The molecule has 1 heterocycles. The molecule has 4 heteroatoms. The topological polar surface area (TPSA) is 29.9 Å². The lowest BCUT2D eigenvalue weighted by atomic mass is 10.1. The summed E-state index contributed by atoms with van der Waals surface area (Å²) in [5.74, 6) is 0. The van der Waals surface area contributed by atoms with Crippen LogP contribution in [-0.4, -0.2) is 9.78 Å². The Kier molecular flexibility index (Phi) is 4.61. The predicted octanol–water partition coefficient (Wildman–Crippen LogP) is 4.50. The number of hydrogen-bond donors (Lipinski definition) is 1. The van der Waals surface area contributed by atoms with Crippen LogP contribution in [0, 0.1) is 0 Å². The van der Waals surface area contributed by atoms with Crippen LogP contribution >= 0.6 is 11.6 Å². The average molecular weight is 304 g/mol. The van der Waals surface area contributed by atoms with E-state index in [1.165, 1.54) is 25.7 Å². The Hall–Kier alpha value is -1.32. The van der Waals surface area contributed by atoms with Crippen molar-refractivity contribution >= 4 is 11.6 Å². The Morgan fingerprint density at radius 2 is 2.05 bits per heavy atom. The molecular weight excluding hydrogens is 282 g/mol. The molecule has 3 nitrogen and oxygen atoms in total. The van der Waals surface area contributed by atoms with Crippen molar-refractivity contribution in [2.24, 2.45) is 0 Å². The maximum atomic E-state index is 6.23. The van der Waals surface area contributed by atoms with Crippen LogP contribution < -0.4 is 5.32 Å². The van der Waals surface area contributed by atoms with Crippen LogP contribution in [0.1, 0.15) is 55.9 Å². The highest BCUT2D eigenvalue weighted by Crippen LogP contribution is 2.28. The van der Waals surface area contributed by atoms with Gasteiger partial charge in [-0.25, -0.2) is 0 Å². The van der Waals surface area contributed by atoms with E-state index in [9.17, 15) is 0 Å². The third-order valence-corrected chi connectivity index (χ3v) is 4.67. The monoisotopic (exact) mass is 303 g/mol. The zero-order chi connectivity index (χ0) is 14.7. The number of hydrogen-bond acceptors (Lipinski definition) is 2. The summed E-state index contributed by atoms with van der Waals surface area (Å²) in [5, 5.41) is 9.02. The molecule has 0 spiro atoms. The molecule has 0 amide bonds. The Labute approximate surface area is 131 Å². The lowest BCUT2D eigenvalue weighted by molar-refractivity contribution is 0.458. The average Bonchev–Trinajstić information content (AvgIpc) is 3.16. The highest BCUT2D eigenvalue weighted by Gasteiger charge is 2.17. The standard InChI is InChI=1S/C17H22ClN3/c1-13(16-8-4-5-9-17(16)18)19-12-14-10-11-21(20-14)15-6-2-3-7-15/h4-5,8-11,13,15,19H,2-3,6-7,12H2,1H3/t13-/m0/s1. The molecule has 0 radical (unpaired) electrons. The second-order valence-corrected chi connectivity index (χ2v) is 6.26. The van der Waals surface area contributed by atoms with Crippen molar-refractivity contribution in [3.05, 3.63) is 52.8 Å². The molecule has 3 rings (SSSR count). The van der Waals surface area contributed by atoms with Crippen LogP contribution in [0.4, 0.5) is 0 Å². The van der Waals surface area contributed by atoms with Gasteiger partial charge in [0, 0.05) is 23.8 Å². The van der Waals surface area contributed by atoms with E-state index in [2.05, 4.69) is 35.3 Å². The number of rotatable bonds is 5. The fraction of sp³-hybridized carbons (Fsp3) is 0.471. The molecule has 0 unspecified atom stereocenters. The number of nitrogens with one attached hydrogen (secondary N) is 1. The van der Waals surface area contributed by atoms with Crippen LogP contribution in [0.25, 0.3) is 0 Å². The van der Waals surface area contributed by atoms with Gasteiger partial charge < -0.3 is 5.32 Å². The Bertz CT molecular complexity index is 587. The lowest BCUT2D eigenvalue weighted by Crippen LogP contribution is -2.19. The molecule has 2 aromatic rings. The van der Waals surface area contributed by atoms with E-state index in [4.69, 9.17) is 16.7 Å². The van der Waals surface area contributed by atoms with Gasteiger partial charge in [-0.3, -0.25) is 4.68 Å². The second-order valence-electron chi connectivity index (χ2n) is 5.85. The van der Waals surface area contributed by atoms with Crippen molar-refractivity contribution in [3.63, 3.8) is 0 Å². The highest BCUT2D eigenvalue weighted by atomic mass is 35.5. The lowest BCUT2D eigenvalue weighted by Gasteiger charge is -2.15. The third kappa shape index (κ3) is 3.47. The van der Waals surface area contributed by atoms with Crippen molar-refractivity contribution in [1.29, 1.82) is 0 Å². The van der Waals surface area contributed by atoms with Crippen LogP contribution in [0.2, 0.25) is 5.02 Å². The van der Waals surface area contributed by atoms with Gasteiger partial charge in [-0.05, 0) is 37.5 Å². The molecule has 1 atom stereocenters. The first-order valence-electron chi connectivity index (χ1n) is 7.76. The summed E-state index contributed by atoms with van der Waals surface area (Å²) in [4.78, 5) is 0. The minimum absolute atomic E-state index is 0.218. The molecule has 1 aromatic heterocycles. The molecule has 1 aromatic carbocycles. The Morgan fingerprint density at radius 1 is 1.29 bits per heavy atom. The van der Waals surface area contributed by atoms with Gasteiger partial charge in [0.2, 0.25) is 0 Å². The van der Waals surface area contributed by atoms with E-state index in [0.29, 0.717) is 6.04 Å². The molecule has 21 heavy (non-hydrogen) atoms. The molecule has 1 fully saturated rings. The normalized spacial score (nSPS) is 17.2. The van der Waals surface area contributed by atoms with Crippen LogP contribution in [0.5, 0.6) is 0 Å². The van der Waals surface area contributed by atoms with E-state index in [-0.39, 0.29) is 6.04 Å². The van der Waals surface area contributed by atoms with Gasteiger partial charge in [0.1, 0.15) is 0 Å². The van der Waals surface area contributed by atoms with Gasteiger partial charge in [0.25, 0.3) is 0 Å². The van der Waals surface area contributed by atoms with Crippen LogP contribution in [0.15, 0.2) is 36.5 Å². The minimum Gasteiger partial charge on any atom is -0.304 e. The minimum atomic E-state index is 0.218. The summed E-state index contributed by atoms with van der Waals surface area (Å²) >= 11 is 6.23. The first-order valence-corrected chi connectivity index (χ1v) is 8.13. The Balaban J connectivity index is 1.59. The fourth-order valence-electron chi connectivity index (χ4n) is 3.04. The van der Waals surface area contributed by atoms with Crippen LogP contribution in [0.3, 0.4) is 0 Å². The maximum Gasteiger partial charge on any atom is 0.0762 e. The van der Waals surface area contributed by atoms with Gasteiger partial charge in [0.15, 0.2) is 0 Å². The summed E-state index contributed by atoms with van der Waals surface area (Å²) in [6.45, 7) is 2.90. The largest absolute Gasteiger partial charge is 0.304 e. The van der Waals surface area contributed by atoms with Crippen LogP contribution in [-0.2, 0) is 6.54 Å². The van der Waals surface area contributed by atoms with E-state index in [1.807, 2.05) is 18.2 Å².